The van der Waals surface area contributed by atoms with Gasteiger partial charge in [-0.05, 0) is 38.5 Å². The molecular weight excluding hydrogens is 477 g/mol. The van der Waals surface area contributed by atoms with Gasteiger partial charge in [0.2, 0.25) is 5.88 Å². The number of amides is 2. The van der Waals surface area contributed by atoms with Crippen LogP contribution in [0.1, 0.15) is 45.8 Å². The largest absolute Gasteiger partial charge is 0.480 e. The summed E-state index contributed by atoms with van der Waals surface area (Å²) in [5.74, 6) is -0.501. The first-order chi connectivity index (χ1) is 16.7. The van der Waals surface area contributed by atoms with Gasteiger partial charge in [0.15, 0.2) is 0 Å². The van der Waals surface area contributed by atoms with Gasteiger partial charge in [0, 0.05) is 32.1 Å². The molecule has 190 valence electrons. The zero-order chi connectivity index (χ0) is 26.6. The van der Waals surface area contributed by atoms with Gasteiger partial charge in [0.25, 0.3) is 11.8 Å². The predicted octanol–water partition coefficient (Wildman–Crippen LogP) is 3.82. The van der Waals surface area contributed by atoms with E-state index in [0.717, 1.165) is 4.68 Å². The van der Waals surface area contributed by atoms with Gasteiger partial charge in [-0.1, -0.05) is 0 Å². The van der Waals surface area contributed by atoms with Crippen LogP contribution in [-0.2, 0) is 12.1 Å². The highest BCUT2D eigenvalue weighted by atomic mass is 19.4. The summed E-state index contributed by atoms with van der Waals surface area (Å²) in [4.78, 5) is 37.9. The van der Waals surface area contributed by atoms with Crippen LogP contribution < -0.4 is 9.64 Å². The lowest BCUT2D eigenvalue weighted by atomic mass is 9.96. The van der Waals surface area contributed by atoms with Gasteiger partial charge < -0.3 is 9.64 Å². The second kappa shape index (κ2) is 8.61. The lowest BCUT2D eigenvalue weighted by Crippen LogP contribution is -2.39. The van der Waals surface area contributed by atoms with Crippen LogP contribution in [0.4, 0.5) is 18.9 Å². The number of aryl methyl sites for hydroxylation is 1. The molecule has 0 atom stereocenters. The lowest BCUT2D eigenvalue weighted by Gasteiger charge is -2.30. The standard InChI is InChI=1S/C24H25F3N6O3/c1-13-7-17(14-8-16(21(34)31(4)5)20(36-6)28-9-14)30-19-18(13)22(35)33(23(19,2)3)15-10-29-32(11-15)12-24(25,26)27/h7-11H,12H2,1-6H3. The predicted molar refractivity (Wildman–Crippen MR) is 125 cm³/mol. The van der Waals surface area contributed by atoms with Crippen molar-refractivity contribution in [3.63, 3.8) is 0 Å². The average molecular weight is 502 g/mol. The Morgan fingerprint density at radius 1 is 1.19 bits per heavy atom. The molecule has 4 rings (SSSR count). The van der Waals surface area contributed by atoms with Crippen molar-refractivity contribution < 1.29 is 27.5 Å². The molecule has 2 amide bonds. The molecule has 3 aromatic rings. The quantitative estimate of drug-likeness (QED) is 0.527. The first-order valence-electron chi connectivity index (χ1n) is 11.0. The van der Waals surface area contributed by atoms with Crippen molar-refractivity contribution in [2.45, 2.75) is 39.0 Å². The number of fused-ring (bicyclic) bond motifs is 1. The summed E-state index contributed by atoms with van der Waals surface area (Å²) in [7, 11) is 4.66. The second-order valence-corrected chi connectivity index (χ2v) is 9.24. The highest BCUT2D eigenvalue weighted by Crippen LogP contribution is 2.43. The molecule has 0 spiro atoms. The number of ether oxygens (including phenoxy) is 1. The first kappa shape index (κ1) is 25.1. The first-order valence-corrected chi connectivity index (χ1v) is 11.0. The average Bonchev–Trinajstić information content (AvgIpc) is 3.30. The second-order valence-electron chi connectivity index (χ2n) is 9.24. The number of anilines is 1. The normalized spacial score (nSPS) is 14.7. The van der Waals surface area contributed by atoms with E-state index in [-0.39, 0.29) is 28.9 Å². The number of aromatic nitrogens is 4. The number of pyridine rings is 2. The van der Waals surface area contributed by atoms with E-state index in [0.29, 0.717) is 28.1 Å². The zero-order valence-corrected chi connectivity index (χ0v) is 20.6. The minimum Gasteiger partial charge on any atom is -0.480 e. The van der Waals surface area contributed by atoms with E-state index in [1.807, 2.05) is 0 Å². The summed E-state index contributed by atoms with van der Waals surface area (Å²) in [6.45, 7) is 4.03. The Labute approximate surface area is 205 Å². The maximum atomic E-state index is 13.4. The van der Waals surface area contributed by atoms with Gasteiger partial charge in [0.05, 0.1) is 41.5 Å². The van der Waals surface area contributed by atoms with Gasteiger partial charge in [-0.25, -0.2) is 9.97 Å². The van der Waals surface area contributed by atoms with Crippen LogP contribution in [0.5, 0.6) is 5.88 Å². The Hall–Kier alpha value is -3.96. The van der Waals surface area contributed by atoms with Gasteiger partial charge in [-0.3, -0.25) is 19.2 Å². The van der Waals surface area contributed by atoms with Gasteiger partial charge in [0.1, 0.15) is 12.1 Å². The summed E-state index contributed by atoms with van der Waals surface area (Å²) >= 11 is 0. The molecule has 0 saturated heterocycles. The Kier molecular flexibility index (Phi) is 6.01. The highest BCUT2D eigenvalue weighted by molar-refractivity contribution is 6.12. The molecule has 0 fully saturated rings. The van der Waals surface area contributed by atoms with Gasteiger partial charge in [-0.2, -0.15) is 18.3 Å². The van der Waals surface area contributed by atoms with E-state index >= 15 is 0 Å². The molecule has 3 aromatic heterocycles. The van der Waals surface area contributed by atoms with Crippen molar-refractivity contribution in [2.24, 2.45) is 0 Å². The fraction of sp³-hybridized carbons (Fsp3) is 0.375. The number of rotatable bonds is 5. The molecule has 36 heavy (non-hydrogen) atoms. The highest BCUT2D eigenvalue weighted by Gasteiger charge is 2.47. The van der Waals surface area contributed by atoms with E-state index in [2.05, 4.69) is 10.1 Å². The number of hydrogen-bond donors (Lipinski definition) is 0. The van der Waals surface area contributed by atoms with Crippen LogP contribution in [-0.4, -0.2) is 63.8 Å². The molecule has 12 heteroatoms. The van der Waals surface area contributed by atoms with Crippen molar-refractivity contribution in [1.29, 1.82) is 0 Å². The number of alkyl halides is 3. The van der Waals surface area contributed by atoms with Gasteiger partial charge in [-0.15, -0.1) is 0 Å². The van der Waals surface area contributed by atoms with Crippen molar-refractivity contribution in [3.8, 4) is 17.1 Å². The van der Waals surface area contributed by atoms with Crippen molar-refractivity contribution >= 4 is 17.5 Å². The minimum atomic E-state index is -4.44. The Morgan fingerprint density at radius 3 is 2.50 bits per heavy atom. The molecule has 9 nitrogen and oxygen atoms in total. The van der Waals surface area contributed by atoms with E-state index in [1.54, 1.807) is 47.0 Å². The Bertz CT molecular complexity index is 1360. The SMILES string of the molecule is COc1ncc(-c2cc(C)c3c(n2)C(C)(C)N(c2cnn(CC(F)(F)F)c2)C3=O)cc1C(=O)N(C)C. The molecule has 0 unspecified atom stereocenters. The van der Waals surface area contributed by atoms with Crippen LogP contribution in [0, 0.1) is 6.92 Å². The topological polar surface area (TPSA) is 93.5 Å². The van der Waals surface area contributed by atoms with Crippen molar-refractivity contribution in [3.05, 3.63) is 53.1 Å². The molecule has 0 aromatic carbocycles. The molecular formula is C24H25F3N6O3. The fourth-order valence-electron chi connectivity index (χ4n) is 4.33. The fourth-order valence-corrected chi connectivity index (χ4v) is 4.33. The number of carbonyl (C=O) groups is 2. The van der Waals surface area contributed by atoms with E-state index in [4.69, 9.17) is 9.72 Å². The van der Waals surface area contributed by atoms with Crippen LogP contribution in [0.2, 0.25) is 0 Å². The Balaban J connectivity index is 1.78. The minimum absolute atomic E-state index is 0.174. The number of halogens is 3. The molecule has 0 N–H and O–H groups in total. The summed E-state index contributed by atoms with van der Waals surface area (Å²) in [5, 5.41) is 3.78. The third kappa shape index (κ3) is 4.27. The third-order valence-corrected chi connectivity index (χ3v) is 5.97. The molecule has 0 radical (unpaired) electrons. The summed E-state index contributed by atoms with van der Waals surface area (Å²) < 4.78 is 44.4. The number of carbonyl (C=O) groups excluding carboxylic acids is 2. The Morgan fingerprint density at radius 2 is 1.89 bits per heavy atom. The van der Waals surface area contributed by atoms with Crippen molar-refractivity contribution in [2.75, 3.05) is 26.1 Å². The maximum Gasteiger partial charge on any atom is 0.408 e. The number of hydrogen-bond acceptors (Lipinski definition) is 6. The molecule has 0 aliphatic carbocycles. The summed E-state index contributed by atoms with van der Waals surface area (Å²) in [6, 6.07) is 3.35. The zero-order valence-electron chi connectivity index (χ0n) is 20.6. The van der Waals surface area contributed by atoms with Crippen LogP contribution >= 0.6 is 0 Å². The summed E-state index contributed by atoms with van der Waals surface area (Å²) in [5.41, 5.74) is 2.01. The van der Waals surface area contributed by atoms with Crippen molar-refractivity contribution in [1.82, 2.24) is 24.6 Å². The number of nitrogens with zero attached hydrogens (tertiary/aromatic N) is 6. The molecule has 1 aliphatic rings. The molecule has 0 saturated carbocycles. The monoisotopic (exact) mass is 502 g/mol. The van der Waals surface area contributed by atoms with Gasteiger partial charge >= 0.3 is 6.18 Å². The lowest BCUT2D eigenvalue weighted by molar-refractivity contribution is -0.142. The maximum absolute atomic E-state index is 13.4. The molecule has 1 aliphatic heterocycles. The van der Waals surface area contributed by atoms with E-state index < -0.39 is 18.3 Å². The molecule has 4 heterocycles. The van der Waals surface area contributed by atoms with Crippen LogP contribution in [0.25, 0.3) is 11.3 Å². The summed E-state index contributed by atoms with van der Waals surface area (Å²) in [6.07, 6.45) is -0.479. The molecule has 0 bridgehead atoms. The van der Waals surface area contributed by atoms with E-state index in [9.17, 15) is 22.8 Å². The van der Waals surface area contributed by atoms with E-state index in [1.165, 1.54) is 35.5 Å². The number of methoxy groups -OCH3 is 1. The third-order valence-electron chi connectivity index (χ3n) is 5.97. The van der Waals surface area contributed by atoms with Crippen LogP contribution in [0.15, 0.2) is 30.7 Å². The smallest absolute Gasteiger partial charge is 0.408 e. The van der Waals surface area contributed by atoms with Crippen LogP contribution in [0.3, 0.4) is 0 Å².